The van der Waals surface area contributed by atoms with Crippen LogP contribution in [0.3, 0.4) is 0 Å². The average Bonchev–Trinajstić information content (AvgIpc) is 2.92. The van der Waals surface area contributed by atoms with Crippen molar-refractivity contribution in [2.45, 2.75) is 6.61 Å². The van der Waals surface area contributed by atoms with Crippen molar-refractivity contribution in [3.63, 3.8) is 0 Å². The summed E-state index contributed by atoms with van der Waals surface area (Å²) in [6.45, 7) is 1.27. The van der Waals surface area contributed by atoms with E-state index in [4.69, 9.17) is 18.9 Å². The molecule has 1 amide bonds. The Morgan fingerprint density at radius 1 is 0.829 bits per heavy atom. The lowest BCUT2D eigenvalue weighted by molar-refractivity contribution is 0.102. The Balaban J connectivity index is 1.27. The number of nitrogens with one attached hydrogen (secondary N) is 1. The van der Waals surface area contributed by atoms with E-state index in [1.165, 1.54) is 0 Å². The van der Waals surface area contributed by atoms with E-state index < -0.39 is 0 Å². The van der Waals surface area contributed by atoms with Crippen molar-refractivity contribution >= 4 is 11.6 Å². The molecular weight excluding hydrogens is 442 g/mol. The summed E-state index contributed by atoms with van der Waals surface area (Å²) in [5, 5.41) is 2.91. The molecule has 0 saturated carbocycles. The Bertz CT molecular complexity index is 1320. The maximum atomic E-state index is 12.9. The van der Waals surface area contributed by atoms with Gasteiger partial charge in [-0.15, -0.1) is 0 Å². The van der Waals surface area contributed by atoms with Crippen LogP contribution < -0.4 is 24.3 Å². The molecule has 1 N–H and O–H groups in total. The number of anilines is 1. The molecule has 0 atom stereocenters. The average molecular weight is 468 g/mol. The lowest BCUT2D eigenvalue weighted by Gasteiger charge is -2.19. The fraction of sp³-hybridized carbons (Fsp3) is 0.138. The Morgan fingerprint density at radius 2 is 1.57 bits per heavy atom. The molecule has 1 aliphatic rings. The zero-order chi connectivity index (χ0) is 24.0. The van der Waals surface area contributed by atoms with Crippen LogP contribution in [0.1, 0.15) is 15.9 Å². The fourth-order valence-electron chi connectivity index (χ4n) is 3.89. The maximum Gasteiger partial charge on any atom is 0.255 e. The third kappa shape index (κ3) is 5.22. The number of rotatable bonds is 7. The molecule has 0 unspecified atom stereocenters. The lowest BCUT2D eigenvalue weighted by atomic mass is 10.1. The number of hydrogen-bond acceptors (Lipinski definition) is 5. The molecule has 5 rings (SSSR count). The largest absolute Gasteiger partial charge is 0.496 e. The van der Waals surface area contributed by atoms with Gasteiger partial charge in [-0.3, -0.25) is 4.79 Å². The van der Waals surface area contributed by atoms with E-state index in [2.05, 4.69) is 17.4 Å². The van der Waals surface area contributed by atoms with Crippen LogP contribution in [0, 0.1) is 0 Å². The van der Waals surface area contributed by atoms with Gasteiger partial charge in [0.2, 0.25) is 0 Å². The number of carbonyl (C=O) groups is 1. The van der Waals surface area contributed by atoms with Gasteiger partial charge in [-0.2, -0.15) is 0 Å². The Hall–Kier alpha value is -4.45. The zero-order valence-corrected chi connectivity index (χ0v) is 19.3. The molecular formula is C29H25NO5. The minimum Gasteiger partial charge on any atom is -0.496 e. The topological polar surface area (TPSA) is 66.0 Å². The molecule has 35 heavy (non-hydrogen) atoms. The molecule has 0 spiro atoms. The second-order valence-corrected chi connectivity index (χ2v) is 8.02. The summed E-state index contributed by atoms with van der Waals surface area (Å²) in [6.07, 6.45) is 0. The smallest absolute Gasteiger partial charge is 0.255 e. The molecule has 0 aromatic heterocycles. The molecule has 0 bridgehead atoms. The van der Waals surface area contributed by atoms with E-state index in [0.717, 1.165) is 22.4 Å². The lowest BCUT2D eigenvalue weighted by Crippen LogP contribution is -2.16. The quantitative estimate of drug-likeness (QED) is 0.363. The first-order valence-electron chi connectivity index (χ1n) is 11.4. The monoisotopic (exact) mass is 467 g/mol. The van der Waals surface area contributed by atoms with Crippen LogP contribution in [0.2, 0.25) is 0 Å². The molecule has 6 nitrogen and oxygen atoms in total. The van der Waals surface area contributed by atoms with Crippen LogP contribution in [0.5, 0.6) is 23.0 Å². The predicted molar refractivity (Wildman–Crippen MR) is 135 cm³/mol. The Labute approximate surface area is 204 Å². The first-order valence-corrected chi connectivity index (χ1v) is 11.4. The van der Waals surface area contributed by atoms with Gasteiger partial charge < -0.3 is 24.3 Å². The van der Waals surface area contributed by atoms with Gasteiger partial charge in [0.05, 0.1) is 7.11 Å². The molecule has 1 heterocycles. The molecule has 0 aliphatic carbocycles. The van der Waals surface area contributed by atoms with E-state index in [9.17, 15) is 4.79 Å². The third-order valence-corrected chi connectivity index (χ3v) is 5.70. The summed E-state index contributed by atoms with van der Waals surface area (Å²) < 4.78 is 22.6. The van der Waals surface area contributed by atoms with Gasteiger partial charge in [-0.25, -0.2) is 0 Å². The highest BCUT2D eigenvalue weighted by atomic mass is 16.6. The van der Waals surface area contributed by atoms with Crippen molar-refractivity contribution < 1.29 is 23.7 Å². The summed E-state index contributed by atoms with van der Waals surface area (Å²) >= 11 is 0. The zero-order valence-electron chi connectivity index (χ0n) is 19.3. The molecule has 1 aliphatic heterocycles. The number of amides is 1. The number of hydrogen-bond donors (Lipinski definition) is 1. The highest BCUT2D eigenvalue weighted by Gasteiger charge is 2.15. The van der Waals surface area contributed by atoms with E-state index in [0.29, 0.717) is 41.7 Å². The van der Waals surface area contributed by atoms with Crippen LogP contribution in [-0.4, -0.2) is 26.2 Å². The second kappa shape index (κ2) is 10.2. The van der Waals surface area contributed by atoms with Gasteiger partial charge in [0.25, 0.3) is 5.91 Å². The Morgan fingerprint density at radius 3 is 2.34 bits per heavy atom. The van der Waals surface area contributed by atoms with Gasteiger partial charge in [-0.1, -0.05) is 42.5 Å². The molecule has 6 heteroatoms. The van der Waals surface area contributed by atoms with E-state index in [1.54, 1.807) is 43.5 Å². The summed E-state index contributed by atoms with van der Waals surface area (Å²) in [5.74, 6) is 2.45. The first-order chi connectivity index (χ1) is 17.2. The summed E-state index contributed by atoms with van der Waals surface area (Å²) in [7, 11) is 1.60. The Kier molecular flexibility index (Phi) is 6.52. The van der Waals surface area contributed by atoms with Crippen LogP contribution in [0.25, 0.3) is 11.1 Å². The number of methoxy groups -OCH3 is 1. The maximum absolute atomic E-state index is 12.9. The SMILES string of the molecule is COc1ccc(C(=O)Nc2ccc3c(c2)OCCO3)cc1COc1ccc(-c2ccccc2)cc1. The van der Waals surface area contributed by atoms with Crippen molar-refractivity contribution in [3.8, 4) is 34.1 Å². The van der Waals surface area contributed by atoms with E-state index in [1.807, 2.05) is 42.5 Å². The van der Waals surface area contributed by atoms with Crippen molar-refractivity contribution in [1.82, 2.24) is 0 Å². The summed E-state index contributed by atoms with van der Waals surface area (Å²) in [4.78, 5) is 12.9. The minimum atomic E-state index is -0.238. The predicted octanol–water partition coefficient (Wildman–Crippen LogP) is 5.96. The van der Waals surface area contributed by atoms with Gasteiger partial charge in [-0.05, 0) is 53.6 Å². The standard InChI is InChI=1S/C29H25NO5/c1-32-26-13-9-22(29(31)30-24-10-14-27-28(18-24)34-16-15-33-27)17-23(26)19-35-25-11-7-21(8-12-25)20-5-3-2-4-6-20/h2-14,17-18H,15-16,19H2,1H3,(H,30,31). The van der Waals surface area contributed by atoms with Crippen molar-refractivity contribution in [2.75, 3.05) is 25.6 Å². The van der Waals surface area contributed by atoms with Crippen LogP contribution in [0.15, 0.2) is 91.0 Å². The molecule has 0 fully saturated rings. The summed E-state index contributed by atoms with van der Waals surface area (Å²) in [5.41, 5.74) is 4.17. The normalized spacial score (nSPS) is 12.0. The van der Waals surface area contributed by atoms with E-state index >= 15 is 0 Å². The van der Waals surface area contributed by atoms with Crippen LogP contribution in [-0.2, 0) is 6.61 Å². The van der Waals surface area contributed by atoms with Gasteiger partial charge in [0.1, 0.15) is 31.3 Å². The van der Waals surface area contributed by atoms with Crippen LogP contribution >= 0.6 is 0 Å². The van der Waals surface area contributed by atoms with Gasteiger partial charge >= 0.3 is 0 Å². The molecule has 4 aromatic rings. The van der Waals surface area contributed by atoms with Crippen molar-refractivity contribution in [1.29, 1.82) is 0 Å². The molecule has 0 saturated heterocycles. The van der Waals surface area contributed by atoms with E-state index in [-0.39, 0.29) is 12.5 Å². The number of fused-ring (bicyclic) bond motifs is 1. The van der Waals surface area contributed by atoms with Gasteiger partial charge in [0.15, 0.2) is 11.5 Å². The summed E-state index contributed by atoms with van der Waals surface area (Å²) in [6, 6.07) is 28.7. The minimum absolute atomic E-state index is 0.238. The fourth-order valence-corrected chi connectivity index (χ4v) is 3.89. The first kappa shape index (κ1) is 22.3. The van der Waals surface area contributed by atoms with Crippen molar-refractivity contribution in [3.05, 3.63) is 102 Å². The van der Waals surface area contributed by atoms with Crippen molar-refractivity contribution in [2.24, 2.45) is 0 Å². The number of ether oxygens (including phenoxy) is 4. The highest BCUT2D eigenvalue weighted by Crippen LogP contribution is 2.33. The highest BCUT2D eigenvalue weighted by molar-refractivity contribution is 6.04. The third-order valence-electron chi connectivity index (χ3n) is 5.70. The van der Waals surface area contributed by atoms with Crippen LogP contribution in [0.4, 0.5) is 5.69 Å². The van der Waals surface area contributed by atoms with Gasteiger partial charge in [0, 0.05) is 22.9 Å². The molecule has 0 radical (unpaired) electrons. The molecule has 176 valence electrons. The number of carbonyl (C=O) groups excluding carboxylic acids is 1. The molecule has 4 aromatic carbocycles. The second-order valence-electron chi connectivity index (χ2n) is 8.02. The number of benzene rings is 4.